The van der Waals surface area contributed by atoms with Crippen molar-refractivity contribution in [2.24, 2.45) is 0 Å². The fourth-order valence-corrected chi connectivity index (χ4v) is 7.33. The van der Waals surface area contributed by atoms with Gasteiger partial charge >= 0.3 is 11.9 Å². The number of aryl methyl sites for hydroxylation is 1. The Kier molecular flexibility index (Phi) is 10.5. The Hall–Kier alpha value is -6.87. The van der Waals surface area contributed by atoms with Crippen LogP contribution in [0, 0.1) is 10.1 Å². The lowest BCUT2D eigenvalue weighted by Crippen LogP contribution is -2.37. The fourth-order valence-electron chi connectivity index (χ4n) is 6.36. The van der Waals surface area contributed by atoms with Gasteiger partial charge in [-0.05, 0) is 84.5 Å². The number of fused-ring (bicyclic) bond motifs is 1. The van der Waals surface area contributed by atoms with Crippen LogP contribution in [0.5, 0.6) is 11.5 Å². The average Bonchev–Trinajstić information content (AvgIpc) is 3.16. The van der Waals surface area contributed by atoms with Crippen molar-refractivity contribution in [2.45, 2.75) is 36.7 Å². The molecule has 54 heavy (non-hydrogen) atoms. The third kappa shape index (κ3) is 7.95. The molecule has 14 nitrogen and oxygen atoms in total. The number of amides is 2. The molecule has 0 aliphatic heterocycles. The van der Waals surface area contributed by atoms with Gasteiger partial charge < -0.3 is 19.8 Å². The molecule has 0 radical (unpaired) electrons. The molecule has 0 spiro atoms. The molecule has 1 aliphatic carbocycles. The minimum atomic E-state index is -4.71. The van der Waals surface area contributed by atoms with Crippen molar-refractivity contribution in [2.75, 3.05) is 0 Å². The first-order chi connectivity index (χ1) is 25.8. The van der Waals surface area contributed by atoms with E-state index in [2.05, 4.69) is 0 Å². The summed E-state index contributed by atoms with van der Waals surface area (Å²) in [6, 6.07) is 28.0. The Bertz CT molecular complexity index is 2400. The maximum Gasteiger partial charge on any atom is 0.336 e. The number of carbonyl (C=O) groups is 4. The van der Waals surface area contributed by atoms with E-state index >= 15 is 0 Å². The largest absolute Gasteiger partial charge is 0.478 e. The number of non-ortho nitro benzene ring substituents is 1. The third-order valence-electron chi connectivity index (χ3n) is 8.88. The molecular weight excluding hydrogens is 719 g/mol. The minimum Gasteiger partial charge on any atom is -0.478 e. The van der Waals surface area contributed by atoms with E-state index in [1.54, 1.807) is 41.1 Å². The Morgan fingerprint density at radius 2 is 1.41 bits per heavy atom. The van der Waals surface area contributed by atoms with Crippen LogP contribution in [-0.2, 0) is 23.0 Å². The highest BCUT2D eigenvalue weighted by Gasteiger charge is 2.34. The van der Waals surface area contributed by atoms with E-state index in [-0.39, 0.29) is 6.54 Å². The van der Waals surface area contributed by atoms with Gasteiger partial charge in [0, 0.05) is 18.7 Å². The maximum atomic E-state index is 14.7. The lowest BCUT2D eigenvalue weighted by Gasteiger charge is -2.36. The Morgan fingerprint density at radius 1 is 0.778 bits per heavy atom. The van der Waals surface area contributed by atoms with Crippen LogP contribution >= 0.6 is 0 Å². The molecule has 1 aliphatic rings. The predicted octanol–water partition coefficient (Wildman–Crippen LogP) is 6.62. The lowest BCUT2D eigenvalue weighted by molar-refractivity contribution is -0.384. The van der Waals surface area contributed by atoms with Crippen LogP contribution < -0.4 is 9.46 Å². The molecule has 0 saturated carbocycles. The van der Waals surface area contributed by atoms with Crippen molar-refractivity contribution >= 4 is 39.5 Å². The van der Waals surface area contributed by atoms with Gasteiger partial charge in [-0.3, -0.25) is 19.7 Å². The monoisotopic (exact) mass is 749 g/mol. The number of nitrogens with one attached hydrogen (secondary N) is 1. The zero-order chi connectivity index (χ0) is 38.6. The van der Waals surface area contributed by atoms with Crippen molar-refractivity contribution < 1.29 is 47.5 Å². The van der Waals surface area contributed by atoms with Gasteiger partial charge in [0.1, 0.15) is 11.5 Å². The highest BCUT2D eigenvalue weighted by atomic mass is 32.2. The number of carboxylic acid groups (broad SMARTS) is 2. The molecular formula is C39H31N3O11S. The zero-order valence-electron chi connectivity index (χ0n) is 28.2. The van der Waals surface area contributed by atoms with Crippen molar-refractivity contribution in [1.29, 1.82) is 0 Å². The Balaban J connectivity index is 1.40. The van der Waals surface area contributed by atoms with E-state index in [1.165, 1.54) is 4.90 Å². The number of nitro benzene ring substituents is 1. The van der Waals surface area contributed by atoms with Gasteiger partial charge in [0.25, 0.3) is 27.5 Å². The smallest absolute Gasteiger partial charge is 0.336 e. The molecule has 274 valence electrons. The van der Waals surface area contributed by atoms with Crippen molar-refractivity contribution in [1.82, 2.24) is 9.62 Å². The predicted molar refractivity (Wildman–Crippen MR) is 193 cm³/mol. The molecule has 0 bridgehead atoms. The molecule has 0 aromatic heterocycles. The first-order valence-corrected chi connectivity index (χ1v) is 18.0. The van der Waals surface area contributed by atoms with Crippen molar-refractivity contribution in [3.8, 4) is 11.5 Å². The molecule has 0 heterocycles. The van der Waals surface area contributed by atoms with Crippen LogP contribution in [0.2, 0.25) is 0 Å². The van der Waals surface area contributed by atoms with Gasteiger partial charge in [-0.1, -0.05) is 54.6 Å². The second kappa shape index (κ2) is 15.4. The van der Waals surface area contributed by atoms with Crippen molar-refractivity contribution in [3.63, 3.8) is 0 Å². The summed E-state index contributed by atoms with van der Waals surface area (Å²) < 4.78 is 33.7. The van der Waals surface area contributed by atoms with E-state index in [9.17, 15) is 47.9 Å². The van der Waals surface area contributed by atoms with Gasteiger partial charge in [-0.25, -0.2) is 22.7 Å². The van der Waals surface area contributed by atoms with Crippen LogP contribution in [0.4, 0.5) is 5.69 Å². The molecule has 15 heteroatoms. The van der Waals surface area contributed by atoms with Gasteiger partial charge in [0.15, 0.2) is 0 Å². The van der Waals surface area contributed by atoms with Crippen LogP contribution in [0.25, 0.3) is 0 Å². The molecule has 0 saturated heterocycles. The van der Waals surface area contributed by atoms with Crippen LogP contribution in [0.15, 0.2) is 120 Å². The highest BCUT2D eigenvalue weighted by molar-refractivity contribution is 7.90. The van der Waals surface area contributed by atoms with Gasteiger partial charge in [-0.15, -0.1) is 0 Å². The lowest BCUT2D eigenvalue weighted by atomic mass is 9.86. The Morgan fingerprint density at radius 3 is 2.09 bits per heavy atom. The maximum absolute atomic E-state index is 14.7. The molecule has 0 fully saturated rings. The molecule has 0 unspecified atom stereocenters. The van der Waals surface area contributed by atoms with E-state index in [0.717, 1.165) is 47.9 Å². The second-order valence-electron chi connectivity index (χ2n) is 12.3. The number of benzene rings is 5. The first kappa shape index (κ1) is 36.9. The molecule has 5 aromatic carbocycles. The standard InChI is InChI=1S/C39H31N3O11S/c43-36(40-54(51,52)29-18-16-26(17-19-29)42(49)50)31-21-34(39(47)48)32(22-33(31)38(45)46)37(44)41(35-15-7-10-25-9-4-5-14-30(25)35)23-24-8-6-13-28(20-24)53-27-11-2-1-3-12-27/h1-6,8-9,11-14,16-22,35H,7,10,15,23H2,(H,40,43)(H,45,46)(H,47,48)/t35-/m0/s1. The summed E-state index contributed by atoms with van der Waals surface area (Å²) >= 11 is 0. The number of rotatable bonds is 12. The molecule has 6 rings (SSSR count). The number of hydrogen-bond acceptors (Lipinski definition) is 9. The quantitative estimate of drug-likeness (QED) is 0.0911. The molecule has 5 aromatic rings. The second-order valence-corrected chi connectivity index (χ2v) is 14.0. The number of sulfonamides is 1. The summed E-state index contributed by atoms with van der Waals surface area (Å²) in [6.45, 7) is -0.0407. The number of carboxylic acids is 2. The van der Waals surface area contributed by atoms with Gasteiger partial charge in [-0.2, -0.15) is 0 Å². The SMILES string of the molecule is O=C(O)c1cc(C(=O)N(Cc2cccc(Oc3ccccc3)c2)[C@H]2CCCc3ccccc32)c(C(=O)O)cc1C(=O)NS(=O)(=O)c1ccc([N+](=O)[O-])cc1. The van der Waals surface area contributed by atoms with Gasteiger partial charge in [0.2, 0.25) is 0 Å². The van der Waals surface area contributed by atoms with Crippen molar-refractivity contribution in [3.05, 3.63) is 164 Å². The summed E-state index contributed by atoms with van der Waals surface area (Å²) in [5.74, 6) is -4.68. The summed E-state index contributed by atoms with van der Waals surface area (Å²) in [6.07, 6.45) is 1.97. The van der Waals surface area contributed by atoms with E-state index in [0.29, 0.717) is 36.0 Å². The molecule has 3 N–H and O–H groups in total. The van der Waals surface area contributed by atoms with E-state index < -0.39 is 77.6 Å². The summed E-state index contributed by atoms with van der Waals surface area (Å²) in [5, 5.41) is 31.5. The van der Waals surface area contributed by atoms with Gasteiger partial charge in [0.05, 0.1) is 38.1 Å². The van der Waals surface area contributed by atoms with E-state index in [4.69, 9.17) is 4.74 Å². The fraction of sp³-hybridized carbons (Fsp3) is 0.128. The topological polar surface area (TPSA) is 211 Å². The average molecular weight is 750 g/mol. The number of nitro groups is 1. The van der Waals surface area contributed by atoms with E-state index in [1.807, 2.05) is 42.5 Å². The summed E-state index contributed by atoms with van der Waals surface area (Å²) in [5.41, 5.74) is -0.895. The number of ether oxygens (including phenoxy) is 1. The number of hydrogen-bond donors (Lipinski definition) is 3. The Labute approximate surface area is 308 Å². The molecule has 2 amide bonds. The molecule has 1 atom stereocenters. The first-order valence-electron chi connectivity index (χ1n) is 16.5. The normalized spacial score (nSPS) is 13.6. The number of aromatic carboxylic acids is 2. The van der Waals surface area contributed by atoms with Crippen LogP contribution in [0.3, 0.4) is 0 Å². The zero-order valence-corrected chi connectivity index (χ0v) is 29.1. The number of nitrogens with zero attached hydrogens (tertiary/aromatic N) is 2. The van der Waals surface area contributed by atoms with Crippen LogP contribution in [-0.4, -0.2) is 52.2 Å². The number of carbonyl (C=O) groups excluding carboxylic acids is 2. The third-order valence-corrected chi connectivity index (χ3v) is 10.2. The number of para-hydroxylation sites is 1. The highest BCUT2D eigenvalue weighted by Crippen LogP contribution is 2.37. The summed E-state index contributed by atoms with van der Waals surface area (Å²) in [4.78, 5) is 64.5. The van der Waals surface area contributed by atoms with Crippen LogP contribution in [0.1, 0.15) is 77.0 Å². The summed E-state index contributed by atoms with van der Waals surface area (Å²) in [7, 11) is -4.71. The minimum absolute atomic E-state index is 0.0407.